The van der Waals surface area contributed by atoms with Crippen LogP contribution in [0, 0.1) is 23.7 Å². The Morgan fingerprint density at radius 3 is 2.67 bits per heavy atom. The van der Waals surface area contributed by atoms with Crippen LogP contribution in [0.15, 0.2) is 24.3 Å². The van der Waals surface area contributed by atoms with Crippen LogP contribution in [0.1, 0.15) is 26.7 Å². The third kappa shape index (κ3) is 1.14. The van der Waals surface area contributed by atoms with Crippen molar-refractivity contribution in [3.63, 3.8) is 0 Å². The predicted octanol–water partition coefficient (Wildman–Crippen LogP) is 3.41. The fraction of sp³-hybridized carbons (Fsp3) is 0.667. The first-order valence-electron chi connectivity index (χ1n) is 5.12. The van der Waals surface area contributed by atoms with Gasteiger partial charge in [0.2, 0.25) is 0 Å². The maximum absolute atomic E-state index is 2.44. The summed E-state index contributed by atoms with van der Waals surface area (Å²) in [5.74, 6) is 3.68. The summed E-state index contributed by atoms with van der Waals surface area (Å²) in [5, 5.41) is 0. The topological polar surface area (TPSA) is 0 Å². The summed E-state index contributed by atoms with van der Waals surface area (Å²) in [6.45, 7) is 4.54. The van der Waals surface area contributed by atoms with Crippen LogP contribution in [-0.4, -0.2) is 0 Å². The highest BCUT2D eigenvalue weighted by atomic mass is 14.4. The van der Waals surface area contributed by atoms with Crippen molar-refractivity contribution >= 4 is 0 Å². The second kappa shape index (κ2) is 3.08. The minimum absolute atomic E-state index is 0.904. The third-order valence-electron chi connectivity index (χ3n) is 3.69. The summed E-state index contributed by atoms with van der Waals surface area (Å²) in [4.78, 5) is 0. The zero-order valence-electron chi connectivity index (χ0n) is 8.03. The monoisotopic (exact) mass is 162 g/mol. The van der Waals surface area contributed by atoms with E-state index in [1.165, 1.54) is 12.8 Å². The molecule has 0 heteroatoms. The highest BCUT2D eigenvalue weighted by Crippen LogP contribution is 2.49. The van der Waals surface area contributed by atoms with Gasteiger partial charge in [0, 0.05) is 0 Å². The SMILES string of the molecule is CC=CCC1C2C=CC(C2)C1C. The van der Waals surface area contributed by atoms with Crippen LogP contribution in [0.5, 0.6) is 0 Å². The Morgan fingerprint density at radius 2 is 2.08 bits per heavy atom. The smallest absolute Gasteiger partial charge is 0.0194 e. The zero-order chi connectivity index (χ0) is 8.55. The predicted molar refractivity (Wildman–Crippen MR) is 52.8 cm³/mol. The lowest BCUT2D eigenvalue weighted by Crippen LogP contribution is -2.15. The van der Waals surface area contributed by atoms with E-state index in [9.17, 15) is 0 Å². The lowest BCUT2D eigenvalue weighted by atomic mass is 9.82. The van der Waals surface area contributed by atoms with E-state index < -0.39 is 0 Å². The Labute approximate surface area is 75.4 Å². The molecule has 12 heavy (non-hydrogen) atoms. The summed E-state index contributed by atoms with van der Waals surface area (Å²) in [6.07, 6.45) is 12.1. The number of hydrogen-bond donors (Lipinski definition) is 0. The molecule has 0 saturated heterocycles. The van der Waals surface area contributed by atoms with Gasteiger partial charge in [0.1, 0.15) is 0 Å². The Morgan fingerprint density at radius 1 is 1.33 bits per heavy atom. The minimum Gasteiger partial charge on any atom is -0.0917 e. The van der Waals surface area contributed by atoms with E-state index in [0.717, 1.165) is 23.7 Å². The highest BCUT2D eigenvalue weighted by molar-refractivity contribution is 5.13. The van der Waals surface area contributed by atoms with E-state index in [1.807, 2.05) is 0 Å². The first-order valence-corrected chi connectivity index (χ1v) is 5.12. The molecule has 66 valence electrons. The molecule has 4 unspecified atom stereocenters. The van der Waals surface area contributed by atoms with Gasteiger partial charge in [-0.2, -0.15) is 0 Å². The quantitative estimate of drug-likeness (QED) is 0.546. The molecule has 2 aliphatic rings. The van der Waals surface area contributed by atoms with Crippen LogP contribution in [0.3, 0.4) is 0 Å². The lowest BCUT2D eigenvalue weighted by molar-refractivity contribution is 0.338. The largest absolute Gasteiger partial charge is 0.0917 e. The Bertz CT molecular complexity index is 212. The van der Waals surface area contributed by atoms with E-state index in [0.29, 0.717) is 0 Å². The van der Waals surface area contributed by atoms with Gasteiger partial charge < -0.3 is 0 Å². The molecule has 0 N–H and O–H groups in total. The first kappa shape index (κ1) is 8.10. The maximum atomic E-state index is 2.44. The summed E-state index contributed by atoms with van der Waals surface area (Å²) in [5.41, 5.74) is 0. The summed E-state index contributed by atoms with van der Waals surface area (Å²) in [7, 11) is 0. The van der Waals surface area contributed by atoms with Gasteiger partial charge in [0.05, 0.1) is 0 Å². The molecule has 0 aliphatic heterocycles. The van der Waals surface area contributed by atoms with Crippen molar-refractivity contribution in [1.82, 2.24) is 0 Å². The molecule has 0 aromatic carbocycles. The van der Waals surface area contributed by atoms with Crippen molar-refractivity contribution in [2.45, 2.75) is 26.7 Å². The van der Waals surface area contributed by atoms with E-state index in [1.54, 1.807) is 0 Å². The Hall–Kier alpha value is -0.520. The number of rotatable bonds is 2. The van der Waals surface area contributed by atoms with Crippen molar-refractivity contribution < 1.29 is 0 Å². The molecule has 1 saturated carbocycles. The summed E-state index contributed by atoms with van der Waals surface area (Å²) >= 11 is 0. The van der Waals surface area contributed by atoms with Crippen molar-refractivity contribution in [1.29, 1.82) is 0 Å². The molecule has 0 spiro atoms. The van der Waals surface area contributed by atoms with Gasteiger partial charge >= 0.3 is 0 Å². The molecule has 2 bridgehead atoms. The number of allylic oxidation sites excluding steroid dienone is 4. The molecule has 0 heterocycles. The molecular weight excluding hydrogens is 144 g/mol. The van der Waals surface area contributed by atoms with E-state index >= 15 is 0 Å². The normalized spacial score (nSPS) is 44.8. The zero-order valence-corrected chi connectivity index (χ0v) is 8.03. The van der Waals surface area contributed by atoms with Crippen molar-refractivity contribution in [2.24, 2.45) is 23.7 Å². The van der Waals surface area contributed by atoms with Crippen LogP contribution in [0.2, 0.25) is 0 Å². The Balaban J connectivity index is 2.03. The molecule has 0 amide bonds. The van der Waals surface area contributed by atoms with Crippen LogP contribution in [0.4, 0.5) is 0 Å². The lowest BCUT2D eigenvalue weighted by Gasteiger charge is -2.23. The van der Waals surface area contributed by atoms with E-state index in [4.69, 9.17) is 0 Å². The first-order chi connectivity index (χ1) is 5.83. The molecule has 0 radical (unpaired) electrons. The molecule has 1 fully saturated rings. The molecule has 4 atom stereocenters. The molecule has 0 nitrogen and oxygen atoms in total. The van der Waals surface area contributed by atoms with Gasteiger partial charge in [0.15, 0.2) is 0 Å². The van der Waals surface area contributed by atoms with E-state index in [2.05, 4.69) is 38.2 Å². The Kier molecular flexibility index (Phi) is 2.08. The van der Waals surface area contributed by atoms with Crippen LogP contribution in [0.25, 0.3) is 0 Å². The average molecular weight is 162 g/mol. The van der Waals surface area contributed by atoms with Gasteiger partial charge in [0.25, 0.3) is 0 Å². The molecular formula is C12H18. The van der Waals surface area contributed by atoms with E-state index in [-0.39, 0.29) is 0 Å². The molecule has 0 aromatic heterocycles. The molecule has 0 aromatic rings. The molecule has 2 rings (SSSR count). The second-order valence-electron chi connectivity index (χ2n) is 4.28. The van der Waals surface area contributed by atoms with Crippen LogP contribution in [-0.2, 0) is 0 Å². The third-order valence-corrected chi connectivity index (χ3v) is 3.69. The number of hydrogen-bond acceptors (Lipinski definition) is 0. The summed E-state index contributed by atoms with van der Waals surface area (Å²) < 4.78 is 0. The number of fused-ring (bicyclic) bond motifs is 2. The summed E-state index contributed by atoms with van der Waals surface area (Å²) in [6, 6.07) is 0. The average Bonchev–Trinajstić information content (AvgIpc) is 2.62. The second-order valence-corrected chi connectivity index (χ2v) is 4.28. The van der Waals surface area contributed by atoms with Crippen molar-refractivity contribution in [3.05, 3.63) is 24.3 Å². The fourth-order valence-electron chi connectivity index (χ4n) is 2.85. The maximum Gasteiger partial charge on any atom is -0.0194 e. The van der Waals surface area contributed by atoms with Crippen LogP contribution < -0.4 is 0 Å². The van der Waals surface area contributed by atoms with Crippen molar-refractivity contribution in [3.8, 4) is 0 Å². The van der Waals surface area contributed by atoms with Gasteiger partial charge in [-0.05, 0) is 43.4 Å². The van der Waals surface area contributed by atoms with Crippen LogP contribution >= 0.6 is 0 Å². The van der Waals surface area contributed by atoms with Gasteiger partial charge in [-0.1, -0.05) is 31.2 Å². The standard InChI is InChI=1S/C12H18/c1-3-4-5-12-9(2)10-6-7-11(12)8-10/h3-4,6-7,9-12H,5,8H2,1-2H3. The van der Waals surface area contributed by atoms with Gasteiger partial charge in [-0.15, -0.1) is 0 Å². The minimum atomic E-state index is 0.904. The van der Waals surface area contributed by atoms with Crippen molar-refractivity contribution in [2.75, 3.05) is 0 Å². The highest BCUT2D eigenvalue weighted by Gasteiger charge is 2.40. The van der Waals surface area contributed by atoms with Gasteiger partial charge in [-0.3, -0.25) is 0 Å². The van der Waals surface area contributed by atoms with Gasteiger partial charge in [-0.25, -0.2) is 0 Å². The molecule has 2 aliphatic carbocycles. The fourth-order valence-corrected chi connectivity index (χ4v) is 2.85.